The van der Waals surface area contributed by atoms with Crippen LogP contribution in [0.1, 0.15) is 33.1 Å². The minimum atomic E-state index is -3.44. The maximum Gasteiger partial charge on any atom is 0.245 e. The molecule has 1 fully saturated rings. The highest BCUT2D eigenvalue weighted by Gasteiger charge is 2.34. The average molecular weight is 282 g/mol. The summed E-state index contributed by atoms with van der Waals surface area (Å²) < 4.78 is 26.7. The van der Waals surface area contributed by atoms with Gasteiger partial charge in [-0.1, -0.05) is 32.4 Å². The van der Waals surface area contributed by atoms with Crippen LogP contribution in [-0.4, -0.2) is 25.8 Å². The van der Waals surface area contributed by atoms with E-state index in [4.69, 9.17) is 5.73 Å². The smallest absolute Gasteiger partial charge is 0.245 e. The molecule has 0 spiro atoms. The molecular weight excluding hydrogens is 260 g/mol. The molecular formula is C14H22N2O2S. The maximum absolute atomic E-state index is 12.6. The number of hydrogen-bond donors (Lipinski definition) is 1. The summed E-state index contributed by atoms with van der Waals surface area (Å²) in [6.45, 7) is 5.56. The SMILES string of the molecule is CCC1(C)CCN(S(=O)(=O)c2ccccc2N)CC1. The number of nitrogens with two attached hydrogens (primary N) is 1. The number of hydrogen-bond acceptors (Lipinski definition) is 3. The van der Waals surface area contributed by atoms with Crippen LogP contribution in [-0.2, 0) is 10.0 Å². The molecule has 0 aliphatic carbocycles. The summed E-state index contributed by atoms with van der Waals surface area (Å²) in [6.07, 6.45) is 2.92. The van der Waals surface area contributed by atoms with E-state index in [0.717, 1.165) is 19.3 Å². The molecule has 1 aliphatic heterocycles. The molecule has 2 N–H and O–H groups in total. The Kier molecular flexibility index (Phi) is 3.87. The average Bonchev–Trinajstić information content (AvgIpc) is 2.39. The van der Waals surface area contributed by atoms with E-state index in [-0.39, 0.29) is 10.3 Å². The molecule has 4 nitrogen and oxygen atoms in total. The van der Waals surface area contributed by atoms with E-state index in [0.29, 0.717) is 18.8 Å². The third-order valence-electron chi connectivity index (χ3n) is 4.32. The van der Waals surface area contributed by atoms with Gasteiger partial charge in [0, 0.05) is 13.1 Å². The van der Waals surface area contributed by atoms with Gasteiger partial charge in [0.05, 0.1) is 5.69 Å². The highest BCUT2D eigenvalue weighted by atomic mass is 32.2. The lowest BCUT2D eigenvalue weighted by molar-refractivity contribution is 0.169. The highest BCUT2D eigenvalue weighted by Crippen LogP contribution is 2.36. The normalized spacial score (nSPS) is 20.3. The van der Waals surface area contributed by atoms with Gasteiger partial charge in [0.2, 0.25) is 10.0 Å². The summed E-state index contributed by atoms with van der Waals surface area (Å²) in [7, 11) is -3.44. The summed E-state index contributed by atoms with van der Waals surface area (Å²) in [5.74, 6) is 0. The van der Waals surface area contributed by atoms with Crippen molar-refractivity contribution in [3.8, 4) is 0 Å². The van der Waals surface area contributed by atoms with Gasteiger partial charge in [-0.2, -0.15) is 4.31 Å². The molecule has 0 aromatic heterocycles. The first-order valence-electron chi connectivity index (χ1n) is 6.74. The van der Waals surface area contributed by atoms with Crippen molar-refractivity contribution in [3.05, 3.63) is 24.3 Å². The van der Waals surface area contributed by atoms with Crippen LogP contribution in [0.3, 0.4) is 0 Å². The van der Waals surface area contributed by atoms with E-state index in [1.54, 1.807) is 28.6 Å². The van der Waals surface area contributed by atoms with Gasteiger partial charge in [0.15, 0.2) is 0 Å². The van der Waals surface area contributed by atoms with Crippen molar-refractivity contribution in [3.63, 3.8) is 0 Å². The summed E-state index contributed by atoms with van der Waals surface area (Å²) in [5.41, 5.74) is 6.38. The van der Waals surface area contributed by atoms with Gasteiger partial charge in [0.1, 0.15) is 4.90 Å². The van der Waals surface area contributed by atoms with E-state index in [9.17, 15) is 8.42 Å². The molecule has 2 rings (SSSR count). The second kappa shape index (κ2) is 5.13. The van der Waals surface area contributed by atoms with E-state index < -0.39 is 10.0 Å². The van der Waals surface area contributed by atoms with Gasteiger partial charge in [-0.3, -0.25) is 0 Å². The van der Waals surface area contributed by atoms with Crippen LogP contribution in [0.4, 0.5) is 5.69 Å². The molecule has 1 saturated heterocycles. The fraction of sp³-hybridized carbons (Fsp3) is 0.571. The Morgan fingerprint density at radius 1 is 1.26 bits per heavy atom. The topological polar surface area (TPSA) is 63.4 Å². The van der Waals surface area contributed by atoms with Crippen LogP contribution in [0.2, 0.25) is 0 Å². The third-order valence-corrected chi connectivity index (χ3v) is 6.29. The lowest BCUT2D eigenvalue weighted by Gasteiger charge is -2.38. The molecule has 0 bridgehead atoms. The Labute approximate surface area is 115 Å². The Morgan fingerprint density at radius 3 is 2.37 bits per heavy atom. The fourth-order valence-electron chi connectivity index (χ4n) is 2.47. The molecule has 106 valence electrons. The Morgan fingerprint density at radius 2 is 1.84 bits per heavy atom. The molecule has 0 atom stereocenters. The number of benzene rings is 1. The lowest BCUT2D eigenvalue weighted by atomic mass is 9.79. The Balaban J connectivity index is 2.22. The largest absolute Gasteiger partial charge is 0.398 e. The van der Waals surface area contributed by atoms with Crippen LogP contribution < -0.4 is 5.73 Å². The second-order valence-electron chi connectivity index (χ2n) is 5.61. The number of nitrogens with zero attached hydrogens (tertiary/aromatic N) is 1. The van der Waals surface area contributed by atoms with E-state index in [1.807, 2.05) is 0 Å². The summed E-state index contributed by atoms with van der Waals surface area (Å²) >= 11 is 0. The summed E-state index contributed by atoms with van der Waals surface area (Å²) in [6, 6.07) is 6.67. The first-order chi connectivity index (χ1) is 8.89. The van der Waals surface area contributed by atoms with Crippen molar-refractivity contribution in [2.45, 2.75) is 38.0 Å². The molecule has 0 unspecified atom stereocenters. The van der Waals surface area contributed by atoms with Crippen molar-refractivity contribution in [2.75, 3.05) is 18.8 Å². The maximum atomic E-state index is 12.6. The van der Waals surface area contributed by atoms with E-state index in [1.165, 1.54) is 0 Å². The first-order valence-corrected chi connectivity index (χ1v) is 8.18. The number of piperidine rings is 1. The highest BCUT2D eigenvalue weighted by molar-refractivity contribution is 7.89. The van der Waals surface area contributed by atoms with Crippen LogP contribution >= 0.6 is 0 Å². The molecule has 1 heterocycles. The molecule has 1 aromatic rings. The monoisotopic (exact) mass is 282 g/mol. The van der Waals surface area contributed by atoms with Crippen LogP contribution in [0.15, 0.2) is 29.2 Å². The predicted molar refractivity (Wildman–Crippen MR) is 77.2 cm³/mol. The van der Waals surface area contributed by atoms with Crippen molar-refractivity contribution in [2.24, 2.45) is 5.41 Å². The molecule has 0 saturated carbocycles. The molecule has 0 amide bonds. The fourth-order valence-corrected chi connectivity index (χ4v) is 4.03. The van der Waals surface area contributed by atoms with Gasteiger partial charge in [0.25, 0.3) is 0 Å². The van der Waals surface area contributed by atoms with Gasteiger partial charge in [-0.25, -0.2) is 8.42 Å². The van der Waals surface area contributed by atoms with Gasteiger partial charge < -0.3 is 5.73 Å². The second-order valence-corrected chi connectivity index (χ2v) is 7.51. The van der Waals surface area contributed by atoms with Gasteiger partial charge in [-0.05, 0) is 30.4 Å². The minimum Gasteiger partial charge on any atom is -0.398 e. The molecule has 0 radical (unpaired) electrons. The van der Waals surface area contributed by atoms with Gasteiger partial charge >= 0.3 is 0 Å². The molecule has 1 aliphatic rings. The van der Waals surface area contributed by atoms with E-state index in [2.05, 4.69) is 13.8 Å². The summed E-state index contributed by atoms with van der Waals surface area (Å²) in [4.78, 5) is 0.232. The number of para-hydroxylation sites is 1. The molecule has 5 heteroatoms. The Bertz CT molecular complexity index is 546. The van der Waals surface area contributed by atoms with Crippen molar-refractivity contribution < 1.29 is 8.42 Å². The Hall–Kier alpha value is -1.07. The lowest BCUT2D eigenvalue weighted by Crippen LogP contribution is -2.42. The van der Waals surface area contributed by atoms with Crippen molar-refractivity contribution >= 4 is 15.7 Å². The number of sulfonamides is 1. The standard InChI is InChI=1S/C14H22N2O2S/c1-3-14(2)8-10-16(11-9-14)19(17,18)13-7-5-4-6-12(13)15/h4-7H,3,8-11,15H2,1-2H3. The van der Waals surface area contributed by atoms with Crippen molar-refractivity contribution in [1.29, 1.82) is 0 Å². The first kappa shape index (κ1) is 14.3. The van der Waals surface area contributed by atoms with Crippen molar-refractivity contribution in [1.82, 2.24) is 4.31 Å². The zero-order valence-corrected chi connectivity index (χ0v) is 12.4. The summed E-state index contributed by atoms with van der Waals surface area (Å²) in [5, 5.41) is 0. The van der Waals surface area contributed by atoms with Crippen LogP contribution in [0.25, 0.3) is 0 Å². The number of anilines is 1. The zero-order chi connectivity index (χ0) is 14.1. The predicted octanol–water partition coefficient (Wildman–Crippen LogP) is 2.47. The van der Waals surface area contributed by atoms with Crippen LogP contribution in [0, 0.1) is 5.41 Å². The molecule has 19 heavy (non-hydrogen) atoms. The quantitative estimate of drug-likeness (QED) is 0.866. The number of rotatable bonds is 3. The minimum absolute atomic E-state index is 0.232. The van der Waals surface area contributed by atoms with Gasteiger partial charge in [-0.15, -0.1) is 0 Å². The molecule has 1 aromatic carbocycles. The third kappa shape index (κ3) is 2.77. The number of nitrogen functional groups attached to an aromatic ring is 1. The van der Waals surface area contributed by atoms with E-state index >= 15 is 0 Å². The van der Waals surface area contributed by atoms with Crippen LogP contribution in [0.5, 0.6) is 0 Å². The zero-order valence-electron chi connectivity index (χ0n) is 11.6.